The Bertz CT molecular complexity index is 718. The van der Waals surface area contributed by atoms with E-state index < -0.39 is 17.3 Å². The fraction of sp³-hybridized carbons (Fsp3) is 0.667. The molecule has 1 amide bonds. The van der Waals surface area contributed by atoms with Crippen molar-refractivity contribution in [3.05, 3.63) is 34.2 Å². The lowest BCUT2D eigenvalue weighted by molar-refractivity contribution is -0.138. The van der Waals surface area contributed by atoms with Gasteiger partial charge in [-0.25, -0.2) is 0 Å². The lowest BCUT2D eigenvalue weighted by Gasteiger charge is -2.56. The number of pyridine rings is 1. The minimum absolute atomic E-state index is 0.211. The smallest absolute Gasteiger partial charge is 0.349 e. The Morgan fingerprint density at radius 1 is 1.12 bits per heavy atom. The van der Waals surface area contributed by atoms with Crippen molar-refractivity contribution in [3.8, 4) is 0 Å². The van der Waals surface area contributed by atoms with Gasteiger partial charge in [-0.05, 0) is 62.3 Å². The highest BCUT2D eigenvalue weighted by molar-refractivity contribution is 5.76. The molecule has 4 fully saturated rings. The third-order valence-electron chi connectivity index (χ3n) is 6.07. The van der Waals surface area contributed by atoms with Crippen LogP contribution >= 0.6 is 0 Å². The van der Waals surface area contributed by atoms with Crippen LogP contribution in [0.3, 0.4) is 0 Å². The van der Waals surface area contributed by atoms with Gasteiger partial charge in [0.1, 0.15) is 6.54 Å². The van der Waals surface area contributed by atoms with E-state index in [2.05, 4.69) is 5.32 Å². The number of nitrogens with zero attached hydrogens (tertiary/aromatic N) is 1. The topological polar surface area (TPSA) is 51.1 Å². The molecule has 4 aliphatic rings. The summed E-state index contributed by atoms with van der Waals surface area (Å²) in [7, 11) is 0. The Hall–Kier alpha value is -1.79. The molecule has 1 N–H and O–H groups in total. The van der Waals surface area contributed by atoms with Gasteiger partial charge in [0.2, 0.25) is 5.91 Å². The minimum Gasteiger partial charge on any atom is -0.349 e. The monoisotopic (exact) mass is 354 g/mol. The van der Waals surface area contributed by atoms with E-state index in [1.54, 1.807) is 0 Å². The molecule has 4 nitrogen and oxygen atoms in total. The average molecular weight is 354 g/mol. The molecule has 7 heteroatoms. The summed E-state index contributed by atoms with van der Waals surface area (Å²) in [6.07, 6.45) is 2.78. The first-order valence-electron chi connectivity index (χ1n) is 8.81. The van der Waals surface area contributed by atoms with Gasteiger partial charge in [0.05, 0.1) is 5.56 Å². The SMILES string of the molecule is O=C(Cn1cc(C(F)(F)F)ccc1=O)NC12CC3CC(CC(C3)C1)C2. The molecule has 25 heavy (non-hydrogen) atoms. The predicted molar refractivity (Wildman–Crippen MR) is 84.7 cm³/mol. The van der Waals surface area contributed by atoms with Gasteiger partial charge in [0.15, 0.2) is 0 Å². The molecule has 136 valence electrons. The van der Waals surface area contributed by atoms with Crippen molar-refractivity contribution >= 4 is 5.91 Å². The Balaban J connectivity index is 1.49. The van der Waals surface area contributed by atoms with Crippen LogP contribution in [0.15, 0.2) is 23.1 Å². The predicted octanol–water partition coefficient (Wildman–Crippen LogP) is 2.95. The molecule has 1 heterocycles. The van der Waals surface area contributed by atoms with Gasteiger partial charge >= 0.3 is 6.18 Å². The fourth-order valence-electron chi connectivity index (χ4n) is 5.58. The van der Waals surface area contributed by atoms with E-state index in [4.69, 9.17) is 0 Å². The van der Waals surface area contributed by atoms with Crippen LogP contribution in [0, 0.1) is 17.8 Å². The first-order chi connectivity index (χ1) is 11.7. The quantitative estimate of drug-likeness (QED) is 0.907. The van der Waals surface area contributed by atoms with Crippen molar-refractivity contribution in [2.45, 2.75) is 56.8 Å². The van der Waals surface area contributed by atoms with Crippen LogP contribution < -0.4 is 10.9 Å². The highest BCUT2D eigenvalue weighted by Gasteiger charge is 2.51. The molecule has 0 radical (unpaired) electrons. The number of carbonyl (C=O) groups is 1. The lowest BCUT2D eigenvalue weighted by Crippen LogP contribution is -2.60. The van der Waals surface area contributed by atoms with Gasteiger partial charge in [-0.2, -0.15) is 13.2 Å². The van der Waals surface area contributed by atoms with E-state index in [-0.39, 0.29) is 18.0 Å². The third-order valence-corrected chi connectivity index (χ3v) is 6.07. The number of hydrogen-bond acceptors (Lipinski definition) is 2. The second-order valence-electron chi connectivity index (χ2n) is 8.13. The van der Waals surface area contributed by atoms with E-state index in [1.165, 1.54) is 19.3 Å². The number of rotatable bonds is 3. The Morgan fingerprint density at radius 3 is 2.20 bits per heavy atom. The number of carbonyl (C=O) groups excluding carboxylic acids is 1. The molecule has 0 aromatic carbocycles. The largest absolute Gasteiger partial charge is 0.417 e. The molecule has 4 aliphatic carbocycles. The Labute approximate surface area is 143 Å². The van der Waals surface area contributed by atoms with Crippen LogP contribution in [0.1, 0.15) is 44.1 Å². The van der Waals surface area contributed by atoms with Gasteiger partial charge in [0.25, 0.3) is 5.56 Å². The Morgan fingerprint density at radius 2 is 1.68 bits per heavy atom. The van der Waals surface area contributed by atoms with E-state index in [1.807, 2.05) is 0 Å². The number of halogens is 3. The number of amides is 1. The van der Waals surface area contributed by atoms with Gasteiger partial charge in [0, 0.05) is 17.8 Å². The van der Waals surface area contributed by atoms with Gasteiger partial charge < -0.3 is 9.88 Å². The molecule has 1 aromatic heterocycles. The molecular weight excluding hydrogens is 333 g/mol. The first-order valence-corrected chi connectivity index (χ1v) is 8.81. The van der Waals surface area contributed by atoms with Crippen molar-refractivity contribution in [2.24, 2.45) is 17.8 Å². The van der Waals surface area contributed by atoms with Crippen LogP contribution in [0.5, 0.6) is 0 Å². The number of aromatic nitrogens is 1. The fourth-order valence-corrected chi connectivity index (χ4v) is 5.58. The summed E-state index contributed by atoms with van der Waals surface area (Å²) in [6.45, 7) is -0.371. The highest BCUT2D eigenvalue weighted by Crippen LogP contribution is 2.55. The van der Waals surface area contributed by atoms with Crippen LogP contribution in [0.25, 0.3) is 0 Å². The number of nitrogens with one attached hydrogen (secondary N) is 1. The normalized spacial score (nSPS) is 33.5. The zero-order valence-corrected chi connectivity index (χ0v) is 13.8. The molecule has 0 unspecified atom stereocenters. The second-order valence-corrected chi connectivity index (χ2v) is 8.13. The standard InChI is InChI=1S/C18H21F3N2O2/c19-18(20,21)14-1-2-16(25)23(9-14)10-15(24)22-17-6-11-3-12(7-17)5-13(4-11)8-17/h1-2,9,11-13H,3-8,10H2,(H,22,24). The van der Waals surface area contributed by atoms with E-state index in [9.17, 15) is 22.8 Å². The summed E-state index contributed by atoms with van der Waals surface area (Å²) >= 11 is 0. The number of alkyl halides is 3. The van der Waals surface area contributed by atoms with E-state index >= 15 is 0 Å². The summed E-state index contributed by atoms with van der Waals surface area (Å²) in [4.78, 5) is 24.3. The van der Waals surface area contributed by atoms with Crippen molar-refractivity contribution in [3.63, 3.8) is 0 Å². The van der Waals surface area contributed by atoms with Crippen molar-refractivity contribution in [1.29, 1.82) is 0 Å². The molecule has 0 saturated heterocycles. The van der Waals surface area contributed by atoms with Crippen molar-refractivity contribution in [2.75, 3.05) is 0 Å². The van der Waals surface area contributed by atoms with Crippen LogP contribution in [-0.2, 0) is 17.5 Å². The van der Waals surface area contributed by atoms with Crippen LogP contribution in [0.4, 0.5) is 13.2 Å². The molecule has 0 aliphatic heterocycles. The maximum Gasteiger partial charge on any atom is 0.417 e. The first kappa shape index (κ1) is 16.7. The zero-order valence-electron chi connectivity index (χ0n) is 13.8. The molecule has 4 saturated carbocycles. The summed E-state index contributed by atoms with van der Waals surface area (Å²) in [6, 6.07) is 1.61. The van der Waals surface area contributed by atoms with Gasteiger partial charge in [-0.1, -0.05) is 0 Å². The van der Waals surface area contributed by atoms with Crippen LogP contribution in [0.2, 0.25) is 0 Å². The maximum absolute atomic E-state index is 12.8. The molecule has 4 bridgehead atoms. The average Bonchev–Trinajstić information content (AvgIpc) is 2.46. The van der Waals surface area contributed by atoms with Gasteiger partial charge in [-0.3, -0.25) is 9.59 Å². The molecule has 1 aromatic rings. The van der Waals surface area contributed by atoms with E-state index in [0.717, 1.165) is 42.2 Å². The molecule has 0 spiro atoms. The molecule has 5 rings (SSSR count). The minimum atomic E-state index is -4.54. The summed E-state index contributed by atoms with van der Waals surface area (Å²) < 4.78 is 39.3. The highest BCUT2D eigenvalue weighted by atomic mass is 19.4. The lowest BCUT2D eigenvalue weighted by atomic mass is 9.53. The zero-order chi connectivity index (χ0) is 17.8. The van der Waals surface area contributed by atoms with Gasteiger partial charge in [-0.15, -0.1) is 0 Å². The molecule has 0 atom stereocenters. The van der Waals surface area contributed by atoms with E-state index in [0.29, 0.717) is 17.8 Å². The third kappa shape index (κ3) is 3.20. The van der Waals surface area contributed by atoms with Crippen LogP contribution in [-0.4, -0.2) is 16.0 Å². The summed E-state index contributed by atoms with van der Waals surface area (Å²) in [5.74, 6) is 1.59. The molecular formula is C18H21F3N2O2. The summed E-state index contributed by atoms with van der Waals surface area (Å²) in [5, 5.41) is 3.08. The Kier molecular flexibility index (Phi) is 3.74. The van der Waals surface area contributed by atoms with Crippen molar-refractivity contribution < 1.29 is 18.0 Å². The summed E-state index contributed by atoms with van der Waals surface area (Å²) in [5.41, 5.74) is -1.74. The maximum atomic E-state index is 12.8. The van der Waals surface area contributed by atoms with Crippen molar-refractivity contribution in [1.82, 2.24) is 9.88 Å². The number of hydrogen-bond donors (Lipinski definition) is 1. The second kappa shape index (κ2) is 5.61.